The highest BCUT2D eigenvalue weighted by atomic mass is 19.1. The van der Waals surface area contributed by atoms with E-state index in [2.05, 4.69) is 5.10 Å². The molecule has 0 unspecified atom stereocenters. The van der Waals surface area contributed by atoms with Crippen molar-refractivity contribution < 1.29 is 9.18 Å². The fourth-order valence-corrected chi connectivity index (χ4v) is 1.92. The molecule has 1 aromatic carbocycles. The van der Waals surface area contributed by atoms with E-state index in [9.17, 15) is 9.18 Å². The van der Waals surface area contributed by atoms with Crippen LogP contribution in [0.1, 0.15) is 28.7 Å². The third-order valence-corrected chi connectivity index (χ3v) is 2.79. The van der Waals surface area contributed by atoms with Crippen LogP contribution in [0.15, 0.2) is 30.3 Å². The van der Waals surface area contributed by atoms with Gasteiger partial charge in [-0.05, 0) is 44.2 Å². The number of carbonyl (C=O) groups excluding carboxylic acids is 1. The van der Waals surface area contributed by atoms with Crippen LogP contribution in [0.3, 0.4) is 0 Å². The molecule has 0 bridgehead atoms. The molecule has 1 aromatic heterocycles. The Hall–Kier alpha value is -1.97. The topological polar surface area (TPSA) is 34.9 Å². The minimum absolute atomic E-state index is 0.0235. The summed E-state index contributed by atoms with van der Waals surface area (Å²) in [5.74, 6) is -0.356. The maximum absolute atomic E-state index is 12.8. The molecule has 0 spiro atoms. The summed E-state index contributed by atoms with van der Waals surface area (Å²) in [7, 11) is 0. The maximum atomic E-state index is 12.8. The Morgan fingerprint density at radius 1 is 1.33 bits per heavy atom. The molecule has 3 nitrogen and oxygen atoms in total. The second kappa shape index (κ2) is 5.12. The Bertz CT molecular complexity index is 558. The third-order valence-electron chi connectivity index (χ3n) is 2.79. The summed E-state index contributed by atoms with van der Waals surface area (Å²) in [5, 5.41) is 4.29. The minimum atomic E-state index is -0.332. The predicted molar refractivity (Wildman–Crippen MR) is 67.1 cm³/mol. The summed E-state index contributed by atoms with van der Waals surface area (Å²) >= 11 is 0. The Balaban J connectivity index is 2.18. The first-order valence-corrected chi connectivity index (χ1v) is 5.92. The van der Waals surface area contributed by atoms with Crippen molar-refractivity contribution in [3.8, 4) is 0 Å². The zero-order valence-corrected chi connectivity index (χ0v) is 10.5. The van der Waals surface area contributed by atoms with E-state index in [4.69, 9.17) is 0 Å². The number of nitrogens with zero attached hydrogens (tertiary/aromatic N) is 2. The van der Waals surface area contributed by atoms with Gasteiger partial charge in [0.15, 0.2) is 5.78 Å². The molecule has 18 heavy (non-hydrogen) atoms. The lowest BCUT2D eigenvalue weighted by Crippen LogP contribution is -2.09. The van der Waals surface area contributed by atoms with Gasteiger partial charge in [-0.3, -0.25) is 9.48 Å². The number of carbonyl (C=O) groups is 1. The highest BCUT2D eigenvalue weighted by Gasteiger charge is 2.11. The zero-order chi connectivity index (χ0) is 13.1. The summed E-state index contributed by atoms with van der Waals surface area (Å²) < 4.78 is 14.6. The maximum Gasteiger partial charge on any atom is 0.168 e. The molecule has 0 atom stereocenters. The van der Waals surface area contributed by atoms with Crippen molar-refractivity contribution in [3.05, 3.63) is 53.1 Å². The van der Waals surface area contributed by atoms with Gasteiger partial charge in [0.2, 0.25) is 0 Å². The summed E-state index contributed by atoms with van der Waals surface area (Å²) in [6.45, 7) is 4.62. The molecule has 0 aliphatic carbocycles. The molecule has 4 heteroatoms. The molecule has 0 radical (unpaired) electrons. The molecule has 0 fully saturated rings. The molecule has 0 saturated heterocycles. The molecular formula is C14H15FN2O. The fraction of sp³-hybridized carbons (Fsp3) is 0.286. The lowest BCUT2D eigenvalue weighted by molar-refractivity contribution is 0.0990. The molecule has 0 aliphatic heterocycles. The van der Waals surface area contributed by atoms with E-state index in [1.165, 1.54) is 24.3 Å². The second-order valence-corrected chi connectivity index (χ2v) is 4.20. The van der Waals surface area contributed by atoms with E-state index in [-0.39, 0.29) is 11.6 Å². The SMILES string of the molecule is CCn1nc(C)cc1CC(=O)c1ccc(F)cc1. The van der Waals surface area contributed by atoms with Gasteiger partial charge in [0, 0.05) is 17.8 Å². The van der Waals surface area contributed by atoms with Crippen LogP contribution in [-0.4, -0.2) is 15.6 Å². The Kier molecular flexibility index (Phi) is 3.55. The van der Waals surface area contributed by atoms with Crippen LogP contribution in [0, 0.1) is 12.7 Å². The number of rotatable bonds is 4. The van der Waals surface area contributed by atoms with Gasteiger partial charge in [-0.1, -0.05) is 0 Å². The van der Waals surface area contributed by atoms with E-state index in [1.807, 2.05) is 24.6 Å². The highest BCUT2D eigenvalue weighted by molar-refractivity contribution is 5.97. The predicted octanol–water partition coefficient (Wildman–Crippen LogP) is 2.78. The van der Waals surface area contributed by atoms with Crippen molar-refractivity contribution in [2.45, 2.75) is 26.8 Å². The average molecular weight is 246 g/mol. The van der Waals surface area contributed by atoms with E-state index in [1.54, 1.807) is 0 Å². The molecule has 94 valence electrons. The number of halogens is 1. The minimum Gasteiger partial charge on any atom is -0.294 e. The smallest absolute Gasteiger partial charge is 0.168 e. The Morgan fingerprint density at radius 2 is 2.00 bits per heavy atom. The Labute approximate surface area is 105 Å². The van der Waals surface area contributed by atoms with Gasteiger partial charge in [-0.15, -0.1) is 0 Å². The molecule has 0 aliphatic rings. The number of hydrogen-bond donors (Lipinski definition) is 0. The third kappa shape index (κ3) is 2.64. The van der Waals surface area contributed by atoms with Crippen LogP contribution in [0.5, 0.6) is 0 Å². The van der Waals surface area contributed by atoms with Crippen molar-refractivity contribution in [3.63, 3.8) is 0 Å². The summed E-state index contributed by atoms with van der Waals surface area (Å²) in [6, 6.07) is 7.53. The van der Waals surface area contributed by atoms with E-state index < -0.39 is 0 Å². The first kappa shape index (κ1) is 12.5. The molecule has 0 saturated carbocycles. The molecule has 2 rings (SSSR count). The Morgan fingerprint density at radius 3 is 2.61 bits per heavy atom. The number of ketones is 1. The molecule has 0 N–H and O–H groups in total. The van der Waals surface area contributed by atoms with Crippen molar-refractivity contribution in [1.82, 2.24) is 9.78 Å². The van der Waals surface area contributed by atoms with Crippen LogP contribution < -0.4 is 0 Å². The molecule has 2 aromatic rings. The largest absolute Gasteiger partial charge is 0.294 e. The first-order valence-electron chi connectivity index (χ1n) is 5.92. The van der Waals surface area contributed by atoms with Gasteiger partial charge in [0.25, 0.3) is 0 Å². The van der Waals surface area contributed by atoms with Crippen LogP contribution in [0.2, 0.25) is 0 Å². The van der Waals surface area contributed by atoms with Crippen molar-refractivity contribution in [2.75, 3.05) is 0 Å². The quantitative estimate of drug-likeness (QED) is 0.777. The lowest BCUT2D eigenvalue weighted by Gasteiger charge is -2.04. The van der Waals surface area contributed by atoms with Crippen LogP contribution in [0.4, 0.5) is 4.39 Å². The summed E-state index contributed by atoms with van der Waals surface area (Å²) in [5.41, 5.74) is 2.32. The van der Waals surface area contributed by atoms with Crippen molar-refractivity contribution >= 4 is 5.78 Å². The van der Waals surface area contributed by atoms with Crippen molar-refractivity contribution in [2.24, 2.45) is 0 Å². The number of benzene rings is 1. The first-order chi connectivity index (χ1) is 8.60. The van der Waals surface area contributed by atoms with Gasteiger partial charge in [0.05, 0.1) is 12.1 Å². The number of hydrogen-bond acceptors (Lipinski definition) is 2. The highest BCUT2D eigenvalue weighted by Crippen LogP contribution is 2.10. The van der Waals surface area contributed by atoms with Gasteiger partial charge in [-0.2, -0.15) is 5.10 Å². The number of aryl methyl sites for hydroxylation is 2. The molecular weight excluding hydrogens is 231 g/mol. The number of aromatic nitrogens is 2. The normalized spacial score (nSPS) is 10.6. The van der Waals surface area contributed by atoms with E-state index >= 15 is 0 Å². The van der Waals surface area contributed by atoms with Crippen molar-refractivity contribution in [1.29, 1.82) is 0 Å². The van der Waals surface area contributed by atoms with E-state index in [0.717, 1.165) is 17.9 Å². The van der Waals surface area contributed by atoms with Gasteiger partial charge >= 0.3 is 0 Å². The van der Waals surface area contributed by atoms with Gasteiger partial charge < -0.3 is 0 Å². The van der Waals surface area contributed by atoms with Crippen LogP contribution in [0.25, 0.3) is 0 Å². The molecule has 0 amide bonds. The fourth-order valence-electron chi connectivity index (χ4n) is 1.92. The van der Waals surface area contributed by atoms with Crippen LogP contribution >= 0.6 is 0 Å². The standard InChI is InChI=1S/C14H15FN2O/c1-3-17-13(8-10(2)16-17)9-14(18)11-4-6-12(15)7-5-11/h4-8H,3,9H2,1-2H3. The summed E-state index contributed by atoms with van der Waals surface area (Å²) in [6.07, 6.45) is 0.292. The number of Topliss-reactive ketones (excluding diaryl/α,β-unsaturated/α-hetero) is 1. The monoisotopic (exact) mass is 246 g/mol. The molecule has 1 heterocycles. The second-order valence-electron chi connectivity index (χ2n) is 4.20. The van der Waals surface area contributed by atoms with Gasteiger partial charge in [-0.25, -0.2) is 4.39 Å². The zero-order valence-electron chi connectivity index (χ0n) is 10.5. The average Bonchev–Trinajstić information content (AvgIpc) is 2.70. The van der Waals surface area contributed by atoms with Crippen LogP contribution in [-0.2, 0) is 13.0 Å². The van der Waals surface area contributed by atoms with E-state index in [0.29, 0.717) is 12.0 Å². The summed E-state index contributed by atoms with van der Waals surface area (Å²) in [4.78, 5) is 12.0. The van der Waals surface area contributed by atoms with Gasteiger partial charge in [0.1, 0.15) is 5.82 Å². The lowest BCUT2D eigenvalue weighted by atomic mass is 10.1.